The zero-order valence-corrected chi connectivity index (χ0v) is 9.08. The lowest BCUT2D eigenvalue weighted by molar-refractivity contribution is 0.0526. The minimum Gasteiger partial charge on any atom is -0.462 e. The summed E-state index contributed by atoms with van der Waals surface area (Å²) >= 11 is 0. The molecule has 1 heterocycles. The zero-order chi connectivity index (χ0) is 12.1. The largest absolute Gasteiger partial charge is 0.462 e. The van der Waals surface area contributed by atoms with Gasteiger partial charge in [-0.3, -0.25) is 0 Å². The standard InChI is InChI=1S/C10H10N4O3/c1-2-16-9(15)7-3-5-8(6-4-7)17-10-11-13-14-12-10/h3-6H,2H2,1H3,(H,11,12,13,14). The molecular weight excluding hydrogens is 224 g/mol. The van der Waals surface area contributed by atoms with Crippen LogP contribution in [0.25, 0.3) is 0 Å². The van der Waals surface area contributed by atoms with Crippen LogP contribution in [0.3, 0.4) is 0 Å². The van der Waals surface area contributed by atoms with Gasteiger partial charge in [0.2, 0.25) is 0 Å². The lowest BCUT2D eigenvalue weighted by Gasteiger charge is -2.03. The first kappa shape index (κ1) is 11.1. The quantitative estimate of drug-likeness (QED) is 0.798. The van der Waals surface area contributed by atoms with E-state index in [2.05, 4.69) is 20.6 Å². The average molecular weight is 234 g/mol. The molecule has 0 atom stereocenters. The Morgan fingerprint density at radius 1 is 1.35 bits per heavy atom. The normalized spacial score (nSPS) is 9.94. The van der Waals surface area contributed by atoms with Crippen LogP contribution in [0.4, 0.5) is 0 Å². The molecule has 0 aliphatic carbocycles. The van der Waals surface area contributed by atoms with Crippen LogP contribution in [0.5, 0.6) is 11.8 Å². The molecule has 0 aliphatic rings. The Morgan fingerprint density at radius 2 is 2.12 bits per heavy atom. The van der Waals surface area contributed by atoms with E-state index < -0.39 is 0 Å². The number of tetrazole rings is 1. The second-order valence-electron chi connectivity index (χ2n) is 3.04. The van der Waals surface area contributed by atoms with E-state index in [1.54, 1.807) is 31.2 Å². The number of hydrogen-bond acceptors (Lipinski definition) is 6. The van der Waals surface area contributed by atoms with E-state index in [1.165, 1.54) is 0 Å². The van der Waals surface area contributed by atoms with E-state index in [0.717, 1.165) is 0 Å². The Morgan fingerprint density at radius 3 is 2.71 bits per heavy atom. The summed E-state index contributed by atoms with van der Waals surface area (Å²) < 4.78 is 10.1. The molecule has 0 spiro atoms. The van der Waals surface area contributed by atoms with Crippen LogP contribution in [0.1, 0.15) is 17.3 Å². The fourth-order valence-corrected chi connectivity index (χ4v) is 1.17. The molecule has 1 aromatic carbocycles. The van der Waals surface area contributed by atoms with Crippen LogP contribution in [0.2, 0.25) is 0 Å². The molecule has 2 aromatic rings. The SMILES string of the molecule is CCOC(=O)c1ccc(Oc2nn[nH]n2)cc1. The maximum Gasteiger partial charge on any atom is 0.361 e. The number of benzene rings is 1. The van der Waals surface area contributed by atoms with E-state index in [4.69, 9.17) is 9.47 Å². The molecule has 0 unspecified atom stereocenters. The van der Waals surface area contributed by atoms with Crippen molar-refractivity contribution in [2.24, 2.45) is 0 Å². The lowest BCUT2D eigenvalue weighted by Crippen LogP contribution is -2.04. The van der Waals surface area contributed by atoms with E-state index in [-0.39, 0.29) is 12.0 Å². The molecule has 0 fully saturated rings. The summed E-state index contributed by atoms with van der Waals surface area (Å²) in [6, 6.07) is 6.58. The van der Waals surface area contributed by atoms with Crippen molar-refractivity contribution >= 4 is 5.97 Å². The maximum atomic E-state index is 11.4. The first-order valence-corrected chi connectivity index (χ1v) is 4.98. The van der Waals surface area contributed by atoms with Gasteiger partial charge in [-0.25, -0.2) is 4.79 Å². The summed E-state index contributed by atoms with van der Waals surface area (Å²) in [5.74, 6) is 0.151. The van der Waals surface area contributed by atoms with Gasteiger partial charge in [-0.2, -0.15) is 5.21 Å². The number of hydrogen-bond donors (Lipinski definition) is 1. The summed E-state index contributed by atoms with van der Waals surface area (Å²) in [4.78, 5) is 11.4. The highest BCUT2D eigenvalue weighted by molar-refractivity contribution is 5.89. The highest BCUT2D eigenvalue weighted by Crippen LogP contribution is 2.17. The highest BCUT2D eigenvalue weighted by atomic mass is 16.5. The summed E-state index contributed by atoms with van der Waals surface area (Å²) in [7, 11) is 0. The van der Waals surface area contributed by atoms with Crippen molar-refractivity contribution in [1.82, 2.24) is 20.6 Å². The van der Waals surface area contributed by atoms with Crippen LogP contribution in [-0.2, 0) is 4.74 Å². The molecule has 0 saturated carbocycles. The number of rotatable bonds is 4. The van der Waals surface area contributed by atoms with Crippen LogP contribution >= 0.6 is 0 Å². The molecule has 2 rings (SSSR count). The lowest BCUT2D eigenvalue weighted by atomic mass is 10.2. The van der Waals surface area contributed by atoms with Crippen molar-refractivity contribution in [3.8, 4) is 11.8 Å². The van der Waals surface area contributed by atoms with Gasteiger partial charge in [0.25, 0.3) is 0 Å². The maximum absolute atomic E-state index is 11.4. The molecule has 7 nitrogen and oxygen atoms in total. The van der Waals surface area contributed by atoms with Gasteiger partial charge in [-0.1, -0.05) is 10.2 Å². The van der Waals surface area contributed by atoms with E-state index in [0.29, 0.717) is 17.9 Å². The van der Waals surface area contributed by atoms with Crippen molar-refractivity contribution in [3.05, 3.63) is 29.8 Å². The predicted octanol–water partition coefficient (Wildman–Crippen LogP) is 1.17. The number of ether oxygens (including phenoxy) is 2. The van der Waals surface area contributed by atoms with Crippen molar-refractivity contribution in [3.63, 3.8) is 0 Å². The van der Waals surface area contributed by atoms with Crippen molar-refractivity contribution in [2.75, 3.05) is 6.61 Å². The second kappa shape index (κ2) is 5.06. The van der Waals surface area contributed by atoms with Gasteiger partial charge in [0.05, 0.1) is 12.2 Å². The van der Waals surface area contributed by atoms with Gasteiger partial charge in [0.15, 0.2) is 0 Å². The Hall–Kier alpha value is -2.44. The number of esters is 1. The molecule has 0 radical (unpaired) electrons. The number of aromatic amines is 1. The molecule has 7 heteroatoms. The third-order valence-corrected chi connectivity index (χ3v) is 1.90. The third-order valence-electron chi connectivity index (χ3n) is 1.90. The minimum absolute atomic E-state index is 0.119. The van der Waals surface area contributed by atoms with Crippen molar-refractivity contribution < 1.29 is 14.3 Å². The van der Waals surface area contributed by atoms with Crippen LogP contribution in [0, 0.1) is 0 Å². The fourth-order valence-electron chi connectivity index (χ4n) is 1.17. The van der Waals surface area contributed by atoms with E-state index in [1.807, 2.05) is 0 Å². The van der Waals surface area contributed by atoms with Gasteiger partial charge in [0, 0.05) is 0 Å². The first-order chi connectivity index (χ1) is 8.29. The van der Waals surface area contributed by atoms with Gasteiger partial charge in [-0.15, -0.1) is 0 Å². The molecule has 0 bridgehead atoms. The highest BCUT2D eigenvalue weighted by Gasteiger charge is 2.07. The number of carbonyl (C=O) groups is 1. The van der Waals surface area contributed by atoms with Crippen LogP contribution in [-0.4, -0.2) is 33.2 Å². The Bertz CT molecular complexity index is 481. The molecule has 88 valence electrons. The smallest absolute Gasteiger partial charge is 0.361 e. The van der Waals surface area contributed by atoms with Gasteiger partial charge in [-0.05, 0) is 36.4 Å². The fraction of sp³-hybridized carbons (Fsp3) is 0.200. The number of nitrogens with zero attached hydrogens (tertiary/aromatic N) is 3. The minimum atomic E-state index is -0.362. The Balaban J connectivity index is 2.05. The molecule has 17 heavy (non-hydrogen) atoms. The number of H-pyrrole nitrogens is 1. The summed E-state index contributed by atoms with van der Waals surface area (Å²) in [5, 5.41) is 12.9. The Kier molecular flexibility index (Phi) is 3.29. The molecular formula is C10H10N4O3. The number of nitrogens with one attached hydrogen (secondary N) is 1. The summed E-state index contributed by atoms with van der Waals surface area (Å²) in [6.45, 7) is 2.10. The second-order valence-corrected chi connectivity index (χ2v) is 3.04. The number of aromatic nitrogens is 4. The van der Waals surface area contributed by atoms with E-state index >= 15 is 0 Å². The monoisotopic (exact) mass is 234 g/mol. The Labute approximate surface area is 96.7 Å². The van der Waals surface area contributed by atoms with Gasteiger partial charge >= 0.3 is 12.0 Å². The van der Waals surface area contributed by atoms with Gasteiger partial charge < -0.3 is 9.47 Å². The van der Waals surface area contributed by atoms with Crippen LogP contribution < -0.4 is 4.74 Å². The topological polar surface area (TPSA) is 90.0 Å². The van der Waals surface area contributed by atoms with E-state index in [9.17, 15) is 4.79 Å². The number of carbonyl (C=O) groups excluding carboxylic acids is 1. The first-order valence-electron chi connectivity index (χ1n) is 4.98. The molecule has 1 aromatic heterocycles. The molecule has 1 N–H and O–H groups in total. The van der Waals surface area contributed by atoms with Crippen LogP contribution in [0.15, 0.2) is 24.3 Å². The average Bonchev–Trinajstić information content (AvgIpc) is 2.83. The molecule has 0 saturated heterocycles. The zero-order valence-electron chi connectivity index (χ0n) is 9.08. The summed E-state index contributed by atoms with van der Waals surface area (Å²) in [5.41, 5.74) is 0.465. The summed E-state index contributed by atoms with van der Waals surface area (Å²) in [6.07, 6.45) is 0. The third kappa shape index (κ3) is 2.77. The van der Waals surface area contributed by atoms with Crippen molar-refractivity contribution in [1.29, 1.82) is 0 Å². The predicted molar refractivity (Wildman–Crippen MR) is 56.7 cm³/mol. The van der Waals surface area contributed by atoms with Gasteiger partial charge in [0.1, 0.15) is 5.75 Å². The molecule has 0 amide bonds. The van der Waals surface area contributed by atoms with Crippen molar-refractivity contribution in [2.45, 2.75) is 6.92 Å². The molecule has 0 aliphatic heterocycles.